The van der Waals surface area contributed by atoms with E-state index in [0.29, 0.717) is 0 Å². The Labute approximate surface area is 98.7 Å². The van der Waals surface area contributed by atoms with Crippen molar-refractivity contribution in [3.63, 3.8) is 0 Å². The lowest BCUT2D eigenvalue weighted by atomic mass is 9.90. The summed E-state index contributed by atoms with van der Waals surface area (Å²) in [5, 5.41) is 3.64. The minimum absolute atomic E-state index is 0.263. The summed E-state index contributed by atoms with van der Waals surface area (Å²) in [5.74, 6) is 0.842. The molecule has 0 saturated heterocycles. The Morgan fingerprint density at radius 1 is 1.19 bits per heavy atom. The summed E-state index contributed by atoms with van der Waals surface area (Å²) in [6.45, 7) is 9.48. The molecule has 1 aromatic heterocycles. The number of nitrogens with zero attached hydrogens (tertiary/aromatic N) is 2. The quantitative estimate of drug-likeness (QED) is 0.802. The molecule has 90 valence electrons. The smallest absolute Gasteiger partial charge is 0.125 e. The molecule has 3 nitrogen and oxygen atoms in total. The van der Waals surface area contributed by atoms with Crippen LogP contribution in [0.3, 0.4) is 0 Å². The van der Waals surface area contributed by atoms with Crippen molar-refractivity contribution in [2.45, 2.75) is 59.0 Å². The van der Waals surface area contributed by atoms with Gasteiger partial charge in [-0.25, -0.2) is 9.97 Å². The van der Waals surface area contributed by atoms with Crippen LogP contribution in [0.25, 0.3) is 0 Å². The molecule has 1 aromatic rings. The van der Waals surface area contributed by atoms with E-state index in [0.717, 1.165) is 37.3 Å². The lowest BCUT2D eigenvalue weighted by Gasteiger charge is -2.31. The zero-order chi connectivity index (χ0) is 12.0. The molecule has 0 fully saturated rings. The van der Waals surface area contributed by atoms with Gasteiger partial charge < -0.3 is 5.32 Å². The van der Waals surface area contributed by atoms with Crippen LogP contribution in [0.4, 0.5) is 0 Å². The third-order valence-corrected chi connectivity index (χ3v) is 3.51. The van der Waals surface area contributed by atoms with E-state index in [-0.39, 0.29) is 5.54 Å². The highest BCUT2D eigenvalue weighted by Gasteiger charge is 2.22. The maximum atomic E-state index is 4.41. The van der Waals surface area contributed by atoms with Crippen molar-refractivity contribution in [3.8, 4) is 0 Å². The van der Waals surface area contributed by atoms with Crippen LogP contribution >= 0.6 is 0 Å². The summed E-state index contributed by atoms with van der Waals surface area (Å²) >= 11 is 0. The second-order valence-corrected chi connectivity index (χ2v) is 4.29. The first kappa shape index (κ1) is 13.1. The van der Waals surface area contributed by atoms with E-state index < -0.39 is 0 Å². The molecular weight excluding hydrogens is 198 g/mol. The topological polar surface area (TPSA) is 37.8 Å². The highest BCUT2D eigenvalue weighted by molar-refractivity contribution is 5.02. The van der Waals surface area contributed by atoms with Crippen molar-refractivity contribution in [1.82, 2.24) is 15.3 Å². The van der Waals surface area contributed by atoms with Gasteiger partial charge in [0, 0.05) is 18.3 Å². The molecule has 1 rings (SSSR count). The average Bonchev–Trinajstić information content (AvgIpc) is 2.32. The number of hydrogen-bond acceptors (Lipinski definition) is 3. The van der Waals surface area contributed by atoms with Gasteiger partial charge in [-0.3, -0.25) is 0 Å². The Kier molecular flexibility index (Phi) is 4.87. The van der Waals surface area contributed by atoms with Crippen molar-refractivity contribution >= 4 is 0 Å². The summed E-state index contributed by atoms with van der Waals surface area (Å²) in [4.78, 5) is 8.51. The number of aryl methyl sites for hydroxylation is 1. The molecule has 0 saturated carbocycles. The molecule has 0 spiro atoms. The zero-order valence-corrected chi connectivity index (χ0v) is 10.9. The van der Waals surface area contributed by atoms with Gasteiger partial charge in [-0.1, -0.05) is 20.8 Å². The van der Waals surface area contributed by atoms with Crippen molar-refractivity contribution in [2.75, 3.05) is 0 Å². The Morgan fingerprint density at radius 3 is 2.31 bits per heavy atom. The van der Waals surface area contributed by atoms with E-state index in [1.54, 1.807) is 0 Å². The molecule has 3 heteroatoms. The van der Waals surface area contributed by atoms with Gasteiger partial charge in [-0.05, 0) is 32.3 Å². The van der Waals surface area contributed by atoms with E-state index in [1.807, 2.05) is 19.2 Å². The molecule has 0 aliphatic rings. The fourth-order valence-electron chi connectivity index (χ4n) is 2.01. The van der Waals surface area contributed by atoms with E-state index in [2.05, 4.69) is 36.1 Å². The van der Waals surface area contributed by atoms with Gasteiger partial charge in [0.25, 0.3) is 0 Å². The first-order valence-electron chi connectivity index (χ1n) is 6.19. The van der Waals surface area contributed by atoms with Gasteiger partial charge in [0.15, 0.2) is 0 Å². The summed E-state index contributed by atoms with van der Waals surface area (Å²) in [7, 11) is 0. The molecule has 0 amide bonds. The third kappa shape index (κ3) is 3.27. The van der Waals surface area contributed by atoms with Crippen LogP contribution in [0.1, 0.15) is 51.6 Å². The SMILES string of the molecule is CCC(CC)(CC)NCc1ccnc(C)n1. The van der Waals surface area contributed by atoms with Crippen molar-refractivity contribution in [2.24, 2.45) is 0 Å². The fourth-order valence-corrected chi connectivity index (χ4v) is 2.01. The van der Waals surface area contributed by atoms with Gasteiger partial charge in [0.05, 0.1) is 5.69 Å². The molecule has 1 heterocycles. The summed E-state index contributed by atoms with van der Waals surface area (Å²) in [6.07, 6.45) is 5.29. The normalized spacial score (nSPS) is 11.8. The molecule has 1 N–H and O–H groups in total. The number of hydrogen-bond donors (Lipinski definition) is 1. The van der Waals surface area contributed by atoms with Gasteiger partial charge in [-0.15, -0.1) is 0 Å². The predicted molar refractivity (Wildman–Crippen MR) is 67.2 cm³/mol. The third-order valence-electron chi connectivity index (χ3n) is 3.51. The van der Waals surface area contributed by atoms with E-state index in [4.69, 9.17) is 0 Å². The maximum absolute atomic E-state index is 4.41. The van der Waals surface area contributed by atoms with Gasteiger partial charge in [0.1, 0.15) is 5.82 Å². The predicted octanol–water partition coefficient (Wildman–Crippen LogP) is 2.84. The van der Waals surface area contributed by atoms with E-state index in [9.17, 15) is 0 Å². The number of nitrogens with one attached hydrogen (secondary N) is 1. The Hall–Kier alpha value is -0.960. The minimum atomic E-state index is 0.263. The van der Waals surface area contributed by atoms with Crippen molar-refractivity contribution in [3.05, 3.63) is 23.8 Å². The van der Waals surface area contributed by atoms with E-state index in [1.165, 1.54) is 0 Å². The van der Waals surface area contributed by atoms with Crippen molar-refractivity contribution in [1.29, 1.82) is 0 Å². The van der Waals surface area contributed by atoms with Crippen LogP contribution in [0.5, 0.6) is 0 Å². The van der Waals surface area contributed by atoms with Crippen LogP contribution in [-0.4, -0.2) is 15.5 Å². The monoisotopic (exact) mass is 221 g/mol. The first-order valence-corrected chi connectivity index (χ1v) is 6.19. The maximum Gasteiger partial charge on any atom is 0.125 e. The lowest BCUT2D eigenvalue weighted by molar-refractivity contribution is 0.286. The summed E-state index contributed by atoms with van der Waals surface area (Å²) in [6, 6.07) is 1.98. The molecule has 0 bridgehead atoms. The fraction of sp³-hybridized carbons (Fsp3) is 0.692. The van der Waals surface area contributed by atoms with Gasteiger partial charge in [0.2, 0.25) is 0 Å². The molecule has 16 heavy (non-hydrogen) atoms. The van der Waals surface area contributed by atoms with Crippen LogP contribution in [0, 0.1) is 6.92 Å². The Morgan fingerprint density at radius 2 is 1.81 bits per heavy atom. The average molecular weight is 221 g/mol. The van der Waals surface area contributed by atoms with Crippen LogP contribution in [0.2, 0.25) is 0 Å². The van der Waals surface area contributed by atoms with Crippen LogP contribution in [0.15, 0.2) is 12.3 Å². The first-order chi connectivity index (χ1) is 7.65. The molecule has 0 radical (unpaired) electrons. The second kappa shape index (κ2) is 5.94. The zero-order valence-electron chi connectivity index (χ0n) is 10.9. The van der Waals surface area contributed by atoms with E-state index >= 15 is 0 Å². The Bertz CT molecular complexity index is 310. The molecule has 0 aliphatic carbocycles. The van der Waals surface area contributed by atoms with Crippen molar-refractivity contribution < 1.29 is 0 Å². The summed E-state index contributed by atoms with van der Waals surface area (Å²) < 4.78 is 0. The van der Waals surface area contributed by atoms with Gasteiger partial charge >= 0.3 is 0 Å². The number of rotatable bonds is 6. The van der Waals surface area contributed by atoms with Gasteiger partial charge in [-0.2, -0.15) is 0 Å². The number of aromatic nitrogens is 2. The second-order valence-electron chi connectivity index (χ2n) is 4.29. The lowest BCUT2D eigenvalue weighted by Crippen LogP contribution is -2.43. The Balaban J connectivity index is 2.62. The highest BCUT2D eigenvalue weighted by Crippen LogP contribution is 2.19. The molecule has 0 aliphatic heterocycles. The highest BCUT2D eigenvalue weighted by atomic mass is 15.0. The molecular formula is C13H23N3. The molecule has 0 atom stereocenters. The largest absolute Gasteiger partial charge is 0.306 e. The standard InChI is InChI=1S/C13H23N3/c1-5-13(6-2,7-3)15-10-12-8-9-14-11(4)16-12/h8-9,15H,5-7,10H2,1-4H3. The molecule has 0 aromatic carbocycles. The molecule has 0 unspecified atom stereocenters. The van der Waals surface area contributed by atoms with Crippen LogP contribution in [-0.2, 0) is 6.54 Å². The summed E-state index contributed by atoms with van der Waals surface area (Å²) in [5.41, 5.74) is 1.34. The van der Waals surface area contributed by atoms with Crippen LogP contribution < -0.4 is 5.32 Å². The minimum Gasteiger partial charge on any atom is -0.306 e.